The van der Waals surface area contributed by atoms with E-state index >= 15 is 0 Å². The van der Waals surface area contributed by atoms with Gasteiger partial charge in [-0.3, -0.25) is 5.10 Å². The molecular weight excluding hydrogens is 252 g/mol. The Labute approximate surface area is 116 Å². The first-order chi connectivity index (χ1) is 9.79. The largest absolute Gasteiger partial charge is 0.383 e. The second kappa shape index (κ2) is 5.16. The zero-order valence-electron chi connectivity index (χ0n) is 11.2. The minimum atomic E-state index is 0.540. The van der Waals surface area contributed by atoms with Gasteiger partial charge >= 0.3 is 0 Å². The molecule has 6 nitrogen and oxygen atoms in total. The summed E-state index contributed by atoms with van der Waals surface area (Å²) >= 11 is 0. The second-order valence-electron chi connectivity index (χ2n) is 4.55. The molecule has 0 fully saturated rings. The topological polar surface area (TPSA) is 85.4 Å². The Kier molecular flexibility index (Phi) is 3.20. The fourth-order valence-electron chi connectivity index (χ4n) is 2.07. The summed E-state index contributed by atoms with van der Waals surface area (Å²) in [4.78, 5) is 4.44. The SMILES string of the molecule is CCCc1nc(-c2cnn(-c3ccccc3)c2N)n[nH]1. The van der Waals surface area contributed by atoms with E-state index in [1.165, 1.54) is 0 Å². The first kappa shape index (κ1) is 12.4. The third-order valence-corrected chi connectivity index (χ3v) is 3.07. The highest BCUT2D eigenvalue weighted by atomic mass is 15.3. The van der Waals surface area contributed by atoms with Crippen LogP contribution in [0.25, 0.3) is 17.1 Å². The van der Waals surface area contributed by atoms with Gasteiger partial charge in [-0.05, 0) is 18.6 Å². The van der Waals surface area contributed by atoms with Crippen LogP contribution in [0, 0.1) is 0 Å². The first-order valence-electron chi connectivity index (χ1n) is 6.60. The molecule has 0 unspecified atom stereocenters. The molecule has 20 heavy (non-hydrogen) atoms. The summed E-state index contributed by atoms with van der Waals surface area (Å²) in [5, 5.41) is 11.4. The molecule has 0 saturated carbocycles. The van der Waals surface area contributed by atoms with E-state index in [2.05, 4.69) is 27.2 Å². The number of H-pyrrole nitrogens is 1. The number of nitrogen functional groups attached to an aromatic ring is 1. The molecular formula is C14H16N6. The van der Waals surface area contributed by atoms with E-state index in [-0.39, 0.29) is 0 Å². The maximum absolute atomic E-state index is 6.16. The molecule has 6 heteroatoms. The molecule has 3 N–H and O–H groups in total. The van der Waals surface area contributed by atoms with Crippen molar-refractivity contribution in [2.24, 2.45) is 0 Å². The van der Waals surface area contributed by atoms with E-state index in [1.54, 1.807) is 10.9 Å². The molecule has 0 radical (unpaired) electrons. The lowest BCUT2D eigenvalue weighted by Gasteiger charge is -2.03. The number of aromatic nitrogens is 5. The number of aryl methyl sites for hydroxylation is 1. The Morgan fingerprint density at radius 3 is 2.80 bits per heavy atom. The molecule has 0 saturated heterocycles. The Hall–Kier alpha value is -2.63. The molecule has 0 bridgehead atoms. The van der Waals surface area contributed by atoms with E-state index < -0.39 is 0 Å². The van der Waals surface area contributed by atoms with Gasteiger partial charge in [-0.15, -0.1) is 0 Å². The quantitative estimate of drug-likeness (QED) is 0.759. The lowest BCUT2D eigenvalue weighted by atomic mass is 10.3. The number of nitrogens with one attached hydrogen (secondary N) is 1. The van der Waals surface area contributed by atoms with Crippen LogP contribution in [0.4, 0.5) is 5.82 Å². The predicted molar refractivity (Wildman–Crippen MR) is 77.3 cm³/mol. The van der Waals surface area contributed by atoms with Crippen molar-refractivity contribution >= 4 is 5.82 Å². The number of hydrogen-bond donors (Lipinski definition) is 2. The Morgan fingerprint density at radius 1 is 1.25 bits per heavy atom. The molecule has 0 aliphatic heterocycles. The lowest BCUT2D eigenvalue weighted by Crippen LogP contribution is -2.02. The summed E-state index contributed by atoms with van der Waals surface area (Å²) in [5.41, 5.74) is 7.82. The van der Waals surface area contributed by atoms with Crippen LogP contribution < -0.4 is 5.73 Å². The zero-order valence-corrected chi connectivity index (χ0v) is 11.2. The Balaban J connectivity index is 1.97. The molecule has 3 rings (SSSR count). The molecule has 0 atom stereocenters. The molecule has 3 aromatic rings. The van der Waals surface area contributed by atoms with Gasteiger partial charge in [0, 0.05) is 6.42 Å². The van der Waals surface area contributed by atoms with Gasteiger partial charge in [-0.2, -0.15) is 10.2 Å². The van der Waals surface area contributed by atoms with Crippen LogP contribution in [0.2, 0.25) is 0 Å². The van der Waals surface area contributed by atoms with Crippen molar-refractivity contribution in [1.82, 2.24) is 25.0 Å². The van der Waals surface area contributed by atoms with Crippen LogP contribution in [0.3, 0.4) is 0 Å². The zero-order chi connectivity index (χ0) is 13.9. The lowest BCUT2D eigenvalue weighted by molar-refractivity contribution is 0.841. The van der Waals surface area contributed by atoms with Crippen LogP contribution in [-0.4, -0.2) is 25.0 Å². The minimum Gasteiger partial charge on any atom is -0.383 e. The van der Waals surface area contributed by atoms with E-state index in [0.717, 1.165) is 29.9 Å². The number of aromatic amines is 1. The first-order valence-corrected chi connectivity index (χ1v) is 6.60. The molecule has 102 valence electrons. The van der Waals surface area contributed by atoms with Gasteiger partial charge in [-0.1, -0.05) is 25.1 Å². The van der Waals surface area contributed by atoms with Crippen molar-refractivity contribution < 1.29 is 0 Å². The number of anilines is 1. The van der Waals surface area contributed by atoms with E-state index in [0.29, 0.717) is 11.6 Å². The van der Waals surface area contributed by atoms with Crippen molar-refractivity contribution in [3.63, 3.8) is 0 Å². The standard InChI is InChI=1S/C14H16N6/c1-2-6-12-17-14(19-18-12)11-9-16-20(13(11)15)10-7-4-3-5-8-10/h3-5,7-9H,2,6,15H2,1H3,(H,17,18,19). The van der Waals surface area contributed by atoms with Crippen molar-refractivity contribution in [3.8, 4) is 17.1 Å². The van der Waals surface area contributed by atoms with Crippen LogP contribution in [0.5, 0.6) is 0 Å². The monoisotopic (exact) mass is 268 g/mol. The van der Waals surface area contributed by atoms with Crippen molar-refractivity contribution in [2.75, 3.05) is 5.73 Å². The van der Waals surface area contributed by atoms with Crippen molar-refractivity contribution in [2.45, 2.75) is 19.8 Å². The number of nitrogens with zero attached hydrogens (tertiary/aromatic N) is 4. The Bertz CT molecular complexity index is 698. The van der Waals surface area contributed by atoms with Gasteiger partial charge in [0.15, 0.2) is 5.82 Å². The minimum absolute atomic E-state index is 0.540. The summed E-state index contributed by atoms with van der Waals surface area (Å²) in [6, 6.07) is 9.75. The predicted octanol–water partition coefficient (Wildman–Crippen LogP) is 2.19. The number of para-hydroxylation sites is 1. The number of rotatable bonds is 4. The fourth-order valence-corrected chi connectivity index (χ4v) is 2.07. The summed E-state index contributed by atoms with van der Waals surface area (Å²) in [7, 11) is 0. The normalized spacial score (nSPS) is 10.8. The molecule has 2 heterocycles. The van der Waals surface area contributed by atoms with E-state index in [1.807, 2.05) is 30.3 Å². The average molecular weight is 268 g/mol. The van der Waals surface area contributed by atoms with Crippen LogP contribution in [-0.2, 0) is 6.42 Å². The van der Waals surface area contributed by atoms with Gasteiger partial charge in [0.05, 0.1) is 17.4 Å². The Morgan fingerprint density at radius 2 is 2.05 bits per heavy atom. The van der Waals surface area contributed by atoms with Gasteiger partial charge < -0.3 is 5.73 Å². The molecule has 0 aliphatic carbocycles. The summed E-state index contributed by atoms with van der Waals surface area (Å²) in [6.45, 7) is 2.10. The highest BCUT2D eigenvalue weighted by molar-refractivity contribution is 5.69. The van der Waals surface area contributed by atoms with Crippen molar-refractivity contribution in [3.05, 3.63) is 42.4 Å². The average Bonchev–Trinajstić information content (AvgIpc) is 3.07. The fraction of sp³-hybridized carbons (Fsp3) is 0.214. The molecule has 0 amide bonds. The number of nitrogens with two attached hydrogens (primary N) is 1. The van der Waals surface area contributed by atoms with Crippen LogP contribution in [0.1, 0.15) is 19.2 Å². The second-order valence-corrected chi connectivity index (χ2v) is 4.55. The third kappa shape index (κ3) is 2.16. The summed E-state index contributed by atoms with van der Waals surface area (Å²) in [6.07, 6.45) is 3.59. The van der Waals surface area contributed by atoms with Crippen molar-refractivity contribution in [1.29, 1.82) is 0 Å². The number of hydrogen-bond acceptors (Lipinski definition) is 4. The van der Waals surface area contributed by atoms with Crippen LogP contribution >= 0.6 is 0 Å². The van der Waals surface area contributed by atoms with Gasteiger partial charge in [-0.25, -0.2) is 9.67 Å². The number of benzene rings is 1. The molecule has 1 aromatic carbocycles. The van der Waals surface area contributed by atoms with Gasteiger partial charge in [0.25, 0.3) is 0 Å². The maximum atomic E-state index is 6.16. The smallest absolute Gasteiger partial charge is 0.186 e. The maximum Gasteiger partial charge on any atom is 0.186 e. The highest BCUT2D eigenvalue weighted by Gasteiger charge is 2.14. The summed E-state index contributed by atoms with van der Waals surface area (Å²) < 4.78 is 1.69. The summed E-state index contributed by atoms with van der Waals surface area (Å²) in [5.74, 6) is 2.00. The molecule has 2 aromatic heterocycles. The molecule has 0 spiro atoms. The van der Waals surface area contributed by atoms with Gasteiger partial charge in [0.1, 0.15) is 11.6 Å². The van der Waals surface area contributed by atoms with Crippen LogP contribution in [0.15, 0.2) is 36.5 Å². The van der Waals surface area contributed by atoms with E-state index in [9.17, 15) is 0 Å². The highest BCUT2D eigenvalue weighted by Crippen LogP contribution is 2.24. The van der Waals surface area contributed by atoms with E-state index in [4.69, 9.17) is 5.73 Å². The molecule has 0 aliphatic rings. The van der Waals surface area contributed by atoms with Gasteiger partial charge in [0.2, 0.25) is 0 Å². The third-order valence-electron chi connectivity index (χ3n) is 3.07.